The third kappa shape index (κ3) is 2.48. The molecule has 0 aliphatic carbocycles. The van der Waals surface area contributed by atoms with E-state index in [1.165, 1.54) is 12.1 Å². The van der Waals surface area contributed by atoms with Gasteiger partial charge in [0.1, 0.15) is 46.4 Å². The number of aromatic hydroxyl groups is 1. The van der Waals surface area contributed by atoms with Crippen LogP contribution in [-0.4, -0.2) is 57.1 Å². The summed E-state index contributed by atoms with van der Waals surface area (Å²) in [4.78, 5) is 12.0. The molecule has 5 N–H and O–H groups in total. The van der Waals surface area contributed by atoms with Gasteiger partial charge in [-0.25, -0.2) is 0 Å². The molecule has 2 heterocycles. The van der Waals surface area contributed by atoms with Crippen molar-refractivity contribution < 1.29 is 34.7 Å². The third-order valence-electron chi connectivity index (χ3n) is 4.32. The van der Waals surface area contributed by atoms with E-state index in [4.69, 9.17) is 14.3 Å². The van der Waals surface area contributed by atoms with Crippen molar-refractivity contribution in [2.24, 2.45) is 0 Å². The Kier molecular flexibility index (Phi) is 4.10. The Bertz CT molecular complexity index is 829. The summed E-state index contributed by atoms with van der Waals surface area (Å²) >= 11 is 0. The Hall–Kier alpha value is -1.97. The second-order valence-electron chi connectivity index (χ2n) is 5.98. The van der Waals surface area contributed by atoms with Gasteiger partial charge in [-0.15, -0.1) is 0 Å². The fourth-order valence-electron chi connectivity index (χ4n) is 2.96. The van der Waals surface area contributed by atoms with E-state index in [2.05, 4.69) is 0 Å². The molecule has 4 atom stereocenters. The second kappa shape index (κ2) is 5.83. The van der Waals surface area contributed by atoms with Crippen LogP contribution in [0.25, 0.3) is 11.0 Å². The van der Waals surface area contributed by atoms with E-state index in [1.807, 2.05) is 0 Å². The van der Waals surface area contributed by atoms with E-state index in [1.54, 1.807) is 6.92 Å². The number of aliphatic hydroxyl groups is 4. The molecule has 1 saturated heterocycles. The molecule has 1 aliphatic heterocycles. The predicted octanol–water partition coefficient (Wildman–Crippen LogP) is -0.892. The quantitative estimate of drug-likeness (QED) is 0.475. The van der Waals surface area contributed by atoms with Gasteiger partial charge < -0.3 is 34.7 Å². The van der Waals surface area contributed by atoms with Gasteiger partial charge in [0.2, 0.25) is 0 Å². The van der Waals surface area contributed by atoms with Gasteiger partial charge in [0, 0.05) is 6.07 Å². The minimum Gasteiger partial charge on any atom is -0.507 e. The molecule has 1 aromatic carbocycles. The minimum absolute atomic E-state index is 0.0178. The smallest absolute Gasteiger partial charge is 0.196 e. The van der Waals surface area contributed by atoms with Crippen molar-refractivity contribution in [3.8, 4) is 5.75 Å². The molecule has 1 fully saturated rings. The molecule has 8 heteroatoms. The van der Waals surface area contributed by atoms with Crippen molar-refractivity contribution in [1.82, 2.24) is 0 Å². The third-order valence-corrected chi connectivity index (χ3v) is 4.32. The van der Waals surface area contributed by atoms with Crippen LogP contribution in [0.2, 0.25) is 0 Å². The number of fused-ring (bicyclic) bond motifs is 1. The highest BCUT2D eigenvalue weighted by Gasteiger charge is 2.49. The Morgan fingerprint density at radius 1 is 1.29 bits per heavy atom. The molecule has 0 spiro atoms. The van der Waals surface area contributed by atoms with Gasteiger partial charge in [-0.3, -0.25) is 4.79 Å². The van der Waals surface area contributed by atoms with Gasteiger partial charge in [0.15, 0.2) is 5.43 Å². The number of phenolic OH excluding ortho intramolecular Hbond substituents is 1. The SMILES string of the molecule is Cc1cc(=O)c2c(O)cc([C@@]3(O)CO[C@H](CO)[C@@H](O)[C@H]3O)cc2o1. The van der Waals surface area contributed by atoms with Crippen molar-refractivity contribution in [3.05, 3.63) is 39.7 Å². The van der Waals surface area contributed by atoms with Crippen molar-refractivity contribution in [3.63, 3.8) is 0 Å². The summed E-state index contributed by atoms with van der Waals surface area (Å²) in [5, 5.41) is 50.2. The molecule has 2 aromatic rings. The standard InChI is InChI=1S/C16H18O8/c1-7-2-9(18)13-10(19)3-8(4-11(13)24-7)16(22)6-23-12(5-17)14(20)15(16)21/h2-4,12,14-15,17,19-22H,5-6H2,1H3/t12-,14-,15-,16+/m1/s1. The maximum atomic E-state index is 12.0. The summed E-state index contributed by atoms with van der Waals surface area (Å²) in [5.74, 6) is -0.104. The van der Waals surface area contributed by atoms with Crippen molar-refractivity contribution in [2.75, 3.05) is 13.2 Å². The van der Waals surface area contributed by atoms with E-state index >= 15 is 0 Å². The lowest BCUT2D eigenvalue weighted by molar-refractivity contribution is -0.245. The molecule has 0 amide bonds. The first-order valence-electron chi connectivity index (χ1n) is 7.37. The zero-order valence-electron chi connectivity index (χ0n) is 12.8. The van der Waals surface area contributed by atoms with Crippen LogP contribution in [0, 0.1) is 6.92 Å². The van der Waals surface area contributed by atoms with Gasteiger partial charge in [-0.2, -0.15) is 0 Å². The van der Waals surface area contributed by atoms with Gasteiger partial charge in [-0.1, -0.05) is 0 Å². The molecule has 3 rings (SSSR count). The van der Waals surface area contributed by atoms with Gasteiger partial charge in [0.05, 0.1) is 13.2 Å². The number of benzene rings is 1. The highest BCUT2D eigenvalue weighted by molar-refractivity contribution is 5.84. The Morgan fingerprint density at radius 2 is 2.00 bits per heavy atom. The van der Waals surface area contributed by atoms with Crippen LogP contribution in [0.5, 0.6) is 5.75 Å². The largest absolute Gasteiger partial charge is 0.507 e. The maximum absolute atomic E-state index is 12.0. The van der Waals surface area contributed by atoms with E-state index in [0.29, 0.717) is 5.76 Å². The maximum Gasteiger partial charge on any atom is 0.196 e. The molecule has 1 aliphatic rings. The molecular weight excluding hydrogens is 320 g/mol. The molecule has 8 nitrogen and oxygen atoms in total. The van der Waals surface area contributed by atoms with Gasteiger partial charge in [0.25, 0.3) is 0 Å². The van der Waals surface area contributed by atoms with Crippen molar-refractivity contribution in [2.45, 2.75) is 30.8 Å². The zero-order chi connectivity index (χ0) is 17.6. The van der Waals surface area contributed by atoms with Crippen LogP contribution in [0.1, 0.15) is 11.3 Å². The number of rotatable bonds is 2. The number of hydrogen-bond acceptors (Lipinski definition) is 8. The minimum atomic E-state index is -2.04. The molecule has 0 unspecified atom stereocenters. The lowest BCUT2D eigenvalue weighted by Gasteiger charge is -2.43. The number of hydrogen-bond donors (Lipinski definition) is 5. The molecule has 1 aromatic heterocycles. The predicted molar refractivity (Wildman–Crippen MR) is 81.6 cm³/mol. The fraction of sp³-hybridized carbons (Fsp3) is 0.438. The molecule has 0 bridgehead atoms. The topological polar surface area (TPSA) is 141 Å². The number of aliphatic hydroxyl groups excluding tert-OH is 3. The summed E-state index contributed by atoms with van der Waals surface area (Å²) in [6.07, 6.45) is -4.23. The average Bonchev–Trinajstić information content (AvgIpc) is 2.51. The van der Waals surface area contributed by atoms with E-state index < -0.39 is 48.3 Å². The van der Waals surface area contributed by atoms with Gasteiger partial charge >= 0.3 is 0 Å². The summed E-state index contributed by atoms with van der Waals surface area (Å²) in [6.45, 7) is 0.621. The average molecular weight is 338 g/mol. The van der Waals surface area contributed by atoms with Crippen LogP contribution in [-0.2, 0) is 10.3 Å². The first-order valence-corrected chi connectivity index (χ1v) is 7.37. The Balaban J connectivity index is 2.14. The number of aryl methyl sites for hydroxylation is 1. The molecule has 24 heavy (non-hydrogen) atoms. The Morgan fingerprint density at radius 3 is 2.67 bits per heavy atom. The summed E-state index contributed by atoms with van der Waals surface area (Å²) in [5.41, 5.74) is -2.43. The summed E-state index contributed by atoms with van der Waals surface area (Å²) in [7, 11) is 0. The van der Waals surface area contributed by atoms with Crippen LogP contribution >= 0.6 is 0 Å². The summed E-state index contributed by atoms with van der Waals surface area (Å²) in [6, 6.07) is 3.65. The molecular formula is C16H18O8. The van der Waals surface area contributed by atoms with E-state index in [9.17, 15) is 25.2 Å². The first-order chi connectivity index (χ1) is 11.3. The number of ether oxygens (including phenoxy) is 1. The molecule has 130 valence electrons. The normalized spacial score (nSPS) is 30.6. The first kappa shape index (κ1) is 16.9. The summed E-state index contributed by atoms with van der Waals surface area (Å²) < 4.78 is 10.6. The van der Waals surface area contributed by atoms with Gasteiger partial charge in [-0.05, 0) is 24.6 Å². The second-order valence-corrected chi connectivity index (χ2v) is 5.98. The van der Waals surface area contributed by atoms with Crippen LogP contribution < -0.4 is 5.43 Å². The van der Waals surface area contributed by atoms with Crippen LogP contribution in [0.3, 0.4) is 0 Å². The van der Waals surface area contributed by atoms with Crippen molar-refractivity contribution in [1.29, 1.82) is 0 Å². The van der Waals surface area contributed by atoms with Crippen molar-refractivity contribution >= 4 is 11.0 Å². The number of phenols is 1. The van der Waals surface area contributed by atoms with E-state index in [-0.39, 0.29) is 16.5 Å². The fourth-order valence-corrected chi connectivity index (χ4v) is 2.96. The highest BCUT2D eigenvalue weighted by atomic mass is 16.5. The monoisotopic (exact) mass is 338 g/mol. The Labute approximate surface area is 136 Å². The zero-order valence-corrected chi connectivity index (χ0v) is 12.8. The lowest BCUT2D eigenvalue weighted by Crippen LogP contribution is -2.60. The lowest BCUT2D eigenvalue weighted by atomic mass is 9.82. The molecule has 0 saturated carbocycles. The molecule has 0 radical (unpaired) electrons. The van der Waals surface area contributed by atoms with Crippen LogP contribution in [0.15, 0.2) is 27.4 Å². The van der Waals surface area contributed by atoms with E-state index in [0.717, 1.165) is 6.07 Å². The van der Waals surface area contributed by atoms with Crippen LogP contribution in [0.4, 0.5) is 0 Å². The highest BCUT2D eigenvalue weighted by Crippen LogP contribution is 2.37.